The van der Waals surface area contributed by atoms with Crippen LogP contribution in [0.3, 0.4) is 0 Å². The fraction of sp³-hybridized carbons (Fsp3) is 0.455. The van der Waals surface area contributed by atoms with Gasteiger partial charge in [0.25, 0.3) is 11.9 Å². The highest BCUT2D eigenvalue weighted by molar-refractivity contribution is 5.67. The highest BCUT2D eigenvalue weighted by Crippen LogP contribution is 2.29. The third-order valence-electron chi connectivity index (χ3n) is 2.99. The number of pyridine rings is 1. The van der Waals surface area contributed by atoms with E-state index in [1.165, 1.54) is 7.11 Å². The first-order chi connectivity index (χ1) is 9.43. The summed E-state index contributed by atoms with van der Waals surface area (Å²) < 4.78 is 57.5. The molecule has 1 aliphatic rings. The number of alkyl carbamates (subject to hydrolysis) is 1. The average molecular weight is 293 g/mol. The minimum absolute atomic E-state index is 0.00579. The second-order valence-electron chi connectivity index (χ2n) is 4.24. The van der Waals surface area contributed by atoms with Crippen LogP contribution in [0.1, 0.15) is 6.42 Å². The van der Waals surface area contributed by atoms with Crippen LogP contribution in [0, 0.1) is 23.5 Å². The van der Waals surface area contributed by atoms with Gasteiger partial charge in [-0.1, -0.05) is 0 Å². The lowest BCUT2D eigenvalue weighted by molar-refractivity contribution is 0.167. The number of ether oxygens (including phenoxy) is 1. The van der Waals surface area contributed by atoms with Crippen molar-refractivity contribution in [2.24, 2.45) is 0 Å². The summed E-state index contributed by atoms with van der Waals surface area (Å²) >= 11 is 0. The molecule has 5 nitrogen and oxygen atoms in total. The lowest BCUT2D eigenvalue weighted by Crippen LogP contribution is -2.37. The molecule has 1 amide bonds. The molecule has 1 aromatic rings. The lowest BCUT2D eigenvalue weighted by Gasteiger charge is -2.20. The summed E-state index contributed by atoms with van der Waals surface area (Å²) in [5.74, 6) is -6.52. The molecule has 9 heteroatoms. The minimum Gasteiger partial charge on any atom is -0.453 e. The van der Waals surface area contributed by atoms with Gasteiger partial charge in [0.1, 0.15) is 5.69 Å². The van der Waals surface area contributed by atoms with Crippen molar-refractivity contribution in [1.82, 2.24) is 10.3 Å². The van der Waals surface area contributed by atoms with Crippen molar-refractivity contribution < 1.29 is 27.1 Å². The van der Waals surface area contributed by atoms with E-state index >= 15 is 0 Å². The fourth-order valence-electron chi connectivity index (χ4n) is 2.06. The van der Waals surface area contributed by atoms with Crippen molar-refractivity contribution >= 4 is 11.8 Å². The van der Waals surface area contributed by atoms with Crippen LogP contribution in [-0.2, 0) is 4.74 Å². The highest BCUT2D eigenvalue weighted by atomic mass is 19.2. The second-order valence-corrected chi connectivity index (χ2v) is 4.24. The van der Waals surface area contributed by atoms with Gasteiger partial charge in [-0.25, -0.2) is 4.79 Å². The van der Waals surface area contributed by atoms with Crippen LogP contribution in [-0.4, -0.2) is 37.3 Å². The van der Waals surface area contributed by atoms with E-state index in [-0.39, 0.29) is 13.1 Å². The number of nitrogens with zero attached hydrogens (tertiary/aromatic N) is 2. The molecule has 1 atom stereocenters. The molecule has 0 spiro atoms. The van der Waals surface area contributed by atoms with Crippen LogP contribution in [0.15, 0.2) is 0 Å². The van der Waals surface area contributed by atoms with E-state index in [2.05, 4.69) is 15.0 Å². The Hall–Kier alpha value is -2.06. The predicted molar refractivity (Wildman–Crippen MR) is 60.2 cm³/mol. The SMILES string of the molecule is COC(=O)NC1CCN(c2c(F)c(F)nc(F)c2F)C1. The van der Waals surface area contributed by atoms with Crippen molar-refractivity contribution in [2.75, 3.05) is 25.1 Å². The van der Waals surface area contributed by atoms with E-state index in [0.717, 1.165) is 4.90 Å². The number of hydrogen-bond acceptors (Lipinski definition) is 4. The molecule has 1 N–H and O–H groups in total. The summed E-state index contributed by atoms with van der Waals surface area (Å²) in [4.78, 5) is 14.6. The van der Waals surface area contributed by atoms with E-state index in [1.54, 1.807) is 0 Å². The molecule has 0 aliphatic carbocycles. The largest absolute Gasteiger partial charge is 0.453 e. The number of carbonyl (C=O) groups excluding carboxylic acids is 1. The van der Waals surface area contributed by atoms with Crippen molar-refractivity contribution in [2.45, 2.75) is 12.5 Å². The smallest absolute Gasteiger partial charge is 0.407 e. The predicted octanol–water partition coefficient (Wildman–Crippen LogP) is 1.57. The van der Waals surface area contributed by atoms with Gasteiger partial charge in [0.05, 0.1) is 13.2 Å². The number of anilines is 1. The van der Waals surface area contributed by atoms with Crippen molar-refractivity contribution in [3.63, 3.8) is 0 Å². The fourth-order valence-corrected chi connectivity index (χ4v) is 2.06. The third kappa shape index (κ3) is 2.61. The number of methoxy groups -OCH3 is 1. The molecule has 1 aliphatic heterocycles. The summed E-state index contributed by atoms with van der Waals surface area (Å²) in [6, 6.07) is -0.430. The van der Waals surface area contributed by atoms with Gasteiger partial charge in [-0.3, -0.25) is 0 Å². The molecular formula is C11H11F4N3O2. The maximum atomic E-state index is 13.6. The quantitative estimate of drug-likeness (QED) is 0.664. The molecule has 20 heavy (non-hydrogen) atoms. The Balaban J connectivity index is 2.20. The van der Waals surface area contributed by atoms with Crippen LogP contribution < -0.4 is 10.2 Å². The Kier molecular flexibility index (Phi) is 3.96. The number of aromatic nitrogens is 1. The summed E-state index contributed by atoms with van der Waals surface area (Å²) in [6.45, 7) is 0.136. The molecule has 0 radical (unpaired) electrons. The zero-order chi connectivity index (χ0) is 14.9. The van der Waals surface area contributed by atoms with Gasteiger partial charge in [0, 0.05) is 13.1 Å². The monoisotopic (exact) mass is 293 g/mol. The van der Waals surface area contributed by atoms with Crippen molar-refractivity contribution in [3.8, 4) is 0 Å². The van der Waals surface area contributed by atoms with E-state index in [9.17, 15) is 22.4 Å². The normalized spacial score (nSPS) is 18.2. The summed E-state index contributed by atoms with van der Waals surface area (Å²) in [5, 5.41) is 2.45. The van der Waals surface area contributed by atoms with E-state index in [1.807, 2.05) is 0 Å². The first-order valence-electron chi connectivity index (χ1n) is 5.73. The number of amides is 1. The average Bonchev–Trinajstić information content (AvgIpc) is 2.85. The number of halogens is 4. The van der Waals surface area contributed by atoms with Gasteiger partial charge >= 0.3 is 6.09 Å². The second kappa shape index (κ2) is 5.51. The molecule has 1 saturated heterocycles. The third-order valence-corrected chi connectivity index (χ3v) is 2.99. The lowest BCUT2D eigenvalue weighted by atomic mass is 10.3. The van der Waals surface area contributed by atoms with Gasteiger partial charge in [-0.15, -0.1) is 0 Å². The Morgan fingerprint density at radius 2 is 1.90 bits per heavy atom. The first kappa shape index (κ1) is 14.4. The van der Waals surface area contributed by atoms with Crippen LogP contribution in [0.2, 0.25) is 0 Å². The van der Waals surface area contributed by atoms with Crippen LogP contribution >= 0.6 is 0 Å². The summed E-state index contributed by atoms with van der Waals surface area (Å²) in [7, 11) is 1.18. The van der Waals surface area contributed by atoms with Gasteiger partial charge < -0.3 is 15.0 Å². The van der Waals surface area contributed by atoms with E-state index in [4.69, 9.17) is 0 Å². The van der Waals surface area contributed by atoms with Crippen LogP contribution in [0.25, 0.3) is 0 Å². The highest BCUT2D eigenvalue weighted by Gasteiger charge is 2.31. The molecule has 2 rings (SSSR count). The number of hydrogen-bond donors (Lipinski definition) is 1. The van der Waals surface area contributed by atoms with Crippen LogP contribution in [0.4, 0.5) is 28.0 Å². The van der Waals surface area contributed by atoms with Gasteiger partial charge in [-0.2, -0.15) is 22.5 Å². The zero-order valence-electron chi connectivity index (χ0n) is 10.4. The minimum atomic E-state index is -1.71. The molecule has 1 aromatic heterocycles. The van der Waals surface area contributed by atoms with Crippen molar-refractivity contribution in [1.29, 1.82) is 0 Å². The maximum Gasteiger partial charge on any atom is 0.407 e. The van der Waals surface area contributed by atoms with Gasteiger partial charge in [0.2, 0.25) is 11.6 Å². The Morgan fingerprint density at radius 3 is 2.45 bits per heavy atom. The molecule has 0 saturated carbocycles. The summed E-state index contributed by atoms with van der Waals surface area (Å²) in [5.41, 5.74) is -0.816. The van der Waals surface area contributed by atoms with Gasteiger partial charge in [0.15, 0.2) is 0 Å². The maximum absolute atomic E-state index is 13.6. The molecule has 110 valence electrons. The van der Waals surface area contributed by atoms with E-state index < -0.39 is 41.4 Å². The molecule has 1 fully saturated rings. The van der Waals surface area contributed by atoms with Gasteiger partial charge in [-0.05, 0) is 6.42 Å². The van der Waals surface area contributed by atoms with E-state index in [0.29, 0.717) is 6.42 Å². The van der Waals surface area contributed by atoms with Crippen LogP contribution in [0.5, 0.6) is 0 Å². The first-order valence-corrected chi connectivity index (χ1v) is 5.73. The standard InChI is InChI=1S/C11H11F4N3O2/c1-20-11(19)16-5-2-3-18(4-5)8-6(12)9(14)17-10(15)7(8)13/h5H,2-4H2,1H3,(H,16,19). The Labute approximate surface area is 111 Å². The van der Waals surface area contributed by atoms with Crippen molar-refractivity contribution in [3.05, 3.63) is 23.5 Å². The number of carbonyl (C=O) groups is 1. The Bertz CT molecular complexity index is 515. The molecule has 2 heterocycles. The number of rotatable bonds is 2. The number of nitrogens with one attached hydrogen (secondary N) is 1. The molecule has 0 bridgehead atoms. The summed E-state index contributed by atoms with van der Waals surface area (Å²) in [6.07, 6.45) is -0.329. The molecule has 1 unspecified atom stereocenters. The molecular weight excluding hydrogens is 282 g/mol. The topological polar surface area (TPSA) is 54.5 Å². The Morgan fingerprint density at radius 1 is 1.30 bits per heavy atom. The zero-order valence-corrected chi connectivity index (χ0v) is 10.4. The molecule has 0 aromatic carbocycles.